The number of hydrogen-bond donors (Lipinski definition) is 1. The molecule has 0 radical (unpaired) electrons. The van der Waals surface area contributed by atoms with Gasteiger partial charge in [-0.05, 0) is 85.9 Å². The summed E-state index contributed by atoms with van der Waals surface area (Å²) in [7, 11) is 0. The van der Waals surface area contributed by atoms with E-state index >= 15 is 0 Å². The van der Waals surface area contributed by atoms with E-state index in [9.17, 15) is 5.11 Å². The average Bonchev–Trinajstić information content (AvgIpc) is 2.74. The molecule has 4 fully saturated rings. The Bertz CT molecular complexity index is 391. The Hall–Kier alpha value is -0.0400. The van der Waals surface area contributed by atoms with Crippen LogP contribution in [-0.2, 0) is 0 Å². The van der Waals surface area contributed by atoms with E-state index in [4.69, 9.17) is 0 Å². The molecule has 7 atom stereocenters. The highest BCUT2D eigenvalue weighted by molar-refractivity contribution is 5.08. The van der Waals surface area contributed by atoms with Crippen LogP contribution in [0.15, 0.2) is 0 Å². The molecule has 0 aliphatic heterocycles. The van der Waals surface area contributed by atoms with Crippen LogP contribution in [0.2, 0.25) is 0 Å². The molecular formula is C19H32O. The minimum Gasteiger partial charge on any atom is -0.393 e. The van der Waals surface area contributed by atoms with Gasteiger partial charge < -0.3 is 5.11 Å². The third-order valence-corrected chi connectivity index (χ3v) is 8.53. The van der Waals surface area contributed by atoms with Crippen molar-refractivity contribution in [3.8, 4) is 0 Å². The van der Waals surface area contributed by atoms with Crippen LogP contribution in [0.4, 0.5) is 0 Å². The van der Waals surface area contributed by atoms with Crippen LogP contribution in [-0.4, -0.2) is 11.2 Å². The van der Waals surface area contributed by atoms with Gasteiger partial charge in [0.05, 0.1) is 6.10 Å². The molecule has 0 aromatic carbocycles. The summed E-state index contributed by atoms with van der Waals surface area (Å²) in [6.07, 6.45) is 14.0. The fourth-order valence-corrected chi connectivity index (χ4v) is 7.27. The SMILES string of the molecule is C[C@]12CCCC[C@@H]1CC[C@H]1[C@H]2CC[C@]2(C)[C@H](O)CC[C@@H]12. The molecule has 1 N–H and O–H groups in total. The highest BCUT2D eigenvalue weighted by atomic mass is 16.3. The van der Waals surface area contributed by atoms with Crippen LogP contribution in [0.3, 0.4) is 0 Å². The maximum Gasteiger partial charge on any atom is 0.0596 e. The second kappa shape index (κ2) is 4.48. The first-order valence-electron chi connectivity index (χ1n) is 9.24. The van der Waals surface area contributed by atoms with Crippen molar-refractivity contribution in [2.75, 3.05) is 0 Å². The number of rotatable bonds is 0. The van der Waals surface area contributed by atoms with Gasteiger partial charge in [0.15, 0.2) is 0 Å². The molecule has 0 amide bonds. The molecule has 0 aromatic rings. The molecule has 4 saturated carbocycles. The van der Waals surface area contributed by atoms with Crippen LogP contribution >= 0.6 is 0 Å². The first-order chi connectivity index (χ1) is 9.56. The minimum atomic E-state index is -0.00895. The van der Waals surface area contributed by atoms with Crippen LogP contribution in [0.1, 0.15) is 78.1 Å². The zero-order chi connectivity index (χ0) is 14.0. The van der Waals surface area contributed by atoms with Crippen molar-refractivity contribution in [1.82, 2.24) is 0 Å². The van der Waals surface area contributed by atoms with Gasteiger partial charge >= 0.3 is 0 Å². The third kappa shape index (κ3) is 1.65. The van der Waals surface area contributed by atoms with Gasteiger partial charge in [0.2, 0.25) is 0 Å². The number of aliphatic hydroxyl groups is 1. The van der Waals surface area contributed by atoms with Gasteiger partial charge in [0, 0.05) is 0 Å². The predicted molar refractivity (Wildman–Crippen MR) is 82.4 cm³/mol. The Morgan fingerprint density at radius 2 is 1.55 bits per heavy atom. The summed E-state index contributed by atoms with van der Waals surface area (Å²) in [5.74, 6) is 3.76. The molecule has 0 bridgehead atoms. The highest BCUT2D eigenvalue weighted by Crippen LogP contribution is 2.66. The molecule has 4 aliphatic carbocycles. The van der Waals surface area contributed by atoms with E-state index in [1.165, 1.54) is 57.8 Å². The molecule has 0 spiro atoms. The Labute approximate surface area is 124 Å². The monoisotopic (exact) mass is 276 g/mol. The van der Waals surface area contributed by atoms with Crippen molar-refractivity contribution in [2.24, 2.45) is 34.5 Å². The largest absolute Gasteiger partial charge is 0.393 e. The van der Waals surface area contributed by atoms with Crippen molar-refractivity contribution < 1.29 is 5.11 Å². The molecule has 114 valence electrons. The van der Waals surface area contributed by atoms with E-state index in [1.807, 2.05) is 0 Å². The van der Waals surface area contributed by atoms with E-state index in [0.29, 0.717) is 5.41 Å². The lowest BCUT2D eigenvalue weighted by molar-refractivity contribution is -0.120. The van der Waals surface area contributed by atoms with Gasteiger partial charge in [-0.25, -0.2) is 0 Å². The lowest BCUT2D eigenvalue weighted by Gasteiger charge is -2.60. The van der Waals surface area contributed by atoms with Crippen LogP contribution in [0.5, 0.6) is 0 Å². The number of aliphatic hydroxyl groups excluding tert-OH is 1. The molecule has 0 heterocycles. The van der Waals surface area contributed by atoms with Crippen molar-refractivity contribution in [3.05, 3.63) is 0 Å². The number of fused-ring (bicyclic) bond motifs is 5. The molecule has 4 rings (SSSR count). The van der Waals surface area contributed by atoms with Gasteiger partial charge in [-0.2, -0.15) is 0 Å². The standard InChI is InChI=1S/C19H32O/c1-18-11-4-3-5-13(18)6-7-14-15-8-9-17(20)19(15,2)12-10-16(14)18/h13-17,20H,3-12H2,1-2H3/t13-,14-,15+,16-,17-,18+,19+/m1/s1. The summed E-state index contributed by atoms with van der Waals surface area (Å²) in [6, 6.07) is 0. The van der Waals surface area contributed by atoms with Crippen molar-refractivity contribution in [2.45, 2.75) is 84.2 Å². The normalized spacial score (nSPS) is 58.6. The molecule has 0 unspecified atom stereocenters. The van der Waals surface area contributed by atoms with E-state index in [0.717, 1.165) is 30.1 Å². The van der Waals surface area contributed by atoms with Gasteiger partial charge in [0.1, 0.15) is 0 Å². The molecule has 4 aliphatic rings. The van der Waals surface area contributed by atoms with Crippen LogP contribution in [0.25, 0.3) is 0 Å². The van der Waals surface area contributed by atoms with Gasteiger partial charge in [-0.1, -0.05) is 26.7 Å². The average molecular weight is 276 g/mol. The maximum atomic E-state index is 10.5. The van der Waals surface area contributed by atoms with Crippen molar-refractivity contribution in [3.63, 3.8) is 0 Å². The smallest absolute Gasteiger partial charge is 0.0596 e. The maximum absolute atomic E-state index is 10.5. The molecule has 0 saturated heterocycles. The summed E-state index contributed by atoms with van der Waals surface area (Å²) in [5, 5.41) is 10.5. The lowest BCUT2D eigenvalue weighted by Crippen LogP contribution is -2.53. The second-order valence-electron chi connectivity index (χ2n) is 9.04. The van der Waals surface area contributed by atoms with Crippen LogP contribution < -0.4 is 0 Å². The zero-order valence-corrected chi connectivity index (χ0v) is 13.4. The van der Waals surface area contributed by atoms with Crippen LogP contribution in [0, 0.1) is 34.5 Å². The predicted octanol–water partition coefficient (Wildman–Crippen LogP) is 4.78. The number of hydrogen-bond acceptors (Lipinski definition) is 1. The second-order valence-corrected chi connectivity index (χ2v) is 9.04. The third-order valence-electron chi connectivity index (χ3n) is 8.53. The van der Waals surface area contributed by atoms with Crippen molar-refractivity contribution >= 4 is 0 Å². The Morgan fingerprint density at radius 3 is 2.40 bits per heavy atom. The first kappa shape index (κ1) is 13.6. The fraction of sp³-hybridized carbons (Fsp3) is 1.00. The summed E-state index contributed by atoms with van der Waals surface area (Å²) in [6.45, 7) is 5.04. The molecule has 20 heavy (non-hydrogen) atoms. The Kier molecular flexibility index (Phi) is 3.05. The first-order valence-corrected chi connectivity index (χ1v) is 9.24. The van der Waals surface area contributed by atoms with E-state index in [-0.39, 0.29) is 11.5 Å². The summed E-state index contributed by atoms with van der Waals surface area (Å²) >= 11 is 0. The molecular weight excluding hydrogens is 244 g/mol. The Balaban J connectivity index is 1.64. The van der Waals surface area contributed by atoms with E-state index in [1.54, 1.807) is 0 Å². The topological polar surface area (TPSA) is 20.2 Å². The highest BCUT2D eigenvalue weighted by Gasteiger charge is 2.59. The van der Waals surface area contributed by atoms with Gasteiger partial charge in [0.25, 0.3) is 0 Å². The molecule has 1 heteroatoms. The summed E-state index contributed by atoms with van der Waals surface area (Å²) in [5.41, 5.74) is 0.912. The van der Waals surface area contributed by atoms with Crippen molar-refractivity contribution in [1.29, 1.82) is 0 Å². The quantitative estimate of drug-likeness (QED) is 0.675. The Morgan fingerprint density at radius 1 is 0.750 bits per heavy atom. The van der Waals surface area contributed by atoms with E-state index in [2.05, 4.69) is 13.8 Å². The molecule has 0 aromatic heterocycles. The lowest BCUT2D eigenvalue weighted by atomic mass is 9.45. The minimum absolute atomic E-state index is 0.00895. The molecule has 1 nitrogen and oxygen atoms in total. The zero-order valence-electron chi connectivity index (χ0n) is 13.4. The van der Waals surface area contributed by atoms with Gasteiger partial charge in [-0.15, -0.1) is 0 Å². The fourth-order valence-electron chi connectivity index (χ4n) is 7.27. The van der Waals surface area contributed by atoms with Gasteiger partial charge in [-0.3, -0.25) is 0 Å². The summed E-state index contributed by atoms with van der Waals surface area (Å²) < 4.78 is 0. The summed E-state index contributed by atoms with van der Waals surface area (Å²) in [4.78, 5) is 0. The van der Waals surface area contributed by atoms with E-state index < -0.39 is 0 Å².